The molecule has 1 fully saturated rings. The molecule has 0 bridgehead atoms. The molecule has 2 rings (SSSR count). The van der Waals surface area contributed by atoms with E-state index in [1.165, 1.54) is 19.2 Å². The van der Waals surface area contributed by atoms with Gasteiger partial charge in [0.2, 0.25) is 5.91 Å². The maximum Gasteiger partial charge on any atom is 0.387 e. The van der Waals surface area contributed by atoms with Gasteiger partial charge >= 0.3 is 6.61 Å². The minimum atomic E-state index is -2.95. The minimum absolute atomic E-state index is 0.0622. The predicted octanol–water partition coefficient (Wildman–Crippen LogP) is 2.23. The summed E-state index contributed by atoms with van der Waals surface area (Å²) in [5, 5.41) is 5.91. The molecule has 0 saturated carbocycles. The number of carbonyl (C=O) groups excluding carboxylic acids is 1. The molecule has 1 aliphatic rings. The zero-order valence-electron chi connectivity index (χ0n) is 11.7. The third-order valence-corrected chi connectivity index (χ3v) is 3.36. The Hall–Kier alpha value is -1.89. The van der Waals surface area contributed by atoms with E-state index in [9.17, 15) is 13.6 Å². The van der Waals surface area contributed by atoms with Crippen molar-refractivity contribution in [3.63, 3.8) is 0 Å². The van der Waals surface area contributed by atoms with Crippen molar-refractivity contribution >= 4 is 11.6 Å². The second-order valence-electron chi connectivity index (χ2n) is 4.76. The van der Waals surface area contributed by atoms with Crippen LogP contribution in [0.15, 0.2) is 18.2 Å². The summed E-state index contributed by atoms with van der Waals surface area (Å²) in [5.41, 5.74) is 0.412. The van der Waals surface area contributed by atoms with Crippen LogP contribution in [-0.4, -0.2) is 32.7 Å². The quantitative estimate of drug-likeness (QED) is 0.875. The van der Waals surface area contributed by atoms with Gasteiger partial charge in [-0.2, -0.15) is 8.78 Å². The zero-order valence-corrected chi connectivity index (χ0v) is 11.7. The number of hydrogen-bond donors (Lipinski definition) is 2. The van der Waals surface area contributed by atoms with Crippen molar-refractivity contribution in [1.29, 1.82) is 0 Å². The number of anilines is 1. The third kappa shape index (κ3) is 4.29. The Bertz CT molecular complexity index is 491. The number of hydrogen-bond acceptors (Lipinski definition) is 4. The van der Waals surface area contributed by atoms with Gasteiger partial charge in [-0.3, -0.25) is 4.79 Å². The first kappa shape index (κ1) is 15.5. The topological polar surface area (TPSA) is 59.6 Å². The second kappa shape index (κ2) is 7.21. The Morgan fingerprint density at radius 3 is 2.67 bits per heavy atom. The standard InChI is InChI=1S/C14H18F2N2O3/c1-20-11-3-2-10(8-12(11)21-14(15)16)18-13(19)9-4-6-17-7-5-9/h2-3,8-9,14,17H,4-7H2,1H3,(H,18,19). The van der Waals surface area contributed by atoms with E-state index in [1.54, 1.807) is 6.07 Å². The van der Waals surface area contributed by atoms with Gasteiger partial charge in [0.25, 0.3) is 0 Å². The molecule has 1 aromatic rings. The maximum atomic E-state index is 12.3. The Morgan fingerprint density at radius 1 is 1.33 bits per heavy atom. The Kier molecular flexibility index (Phi) is 5.32. The van der Waals surface area contributed by atoms with Crippen molar-refractivity contribution in [3.05, 3.63) is 18.2 Å². The van der Waals surface area contributed by atoms with Gasteiger partial charge < -0.3 is 20.1 Å². The summed E-state index contributed by atoms with van der Waals surface area (Å²) in [6, 6.07) is 4.41. The summed E-state index contributed by atoms with van der Waals surface area (Å²) in [6.45, 7) is -1.34. The Balaban J connectivity index is 2.07. The number of alkyl halides is 2. The number of rotatable bonds is 5. The summed E-state index contributed by atoms with van der Waals surface area (Å²) in [4.78, 5) is 12.1. The van der Waals surface area contributed by atoms with Crippen LogP contribution in [0, 0.1) is 5.92 Å². The van der Waals surface area contributed by atoms with Gasteiger partial charge in [-0.15, -0.1) is 0 Å². The number of benzene rings is 1. The first-order chi connectivity index (χ1) is 10.1. The lowest BCUT2D eigenvalue weighted by molar-refractivity contribution is -0.120. The molecule has 1 aromatic carbocycles. The molecular weight excluding hydrogens is 282 g/mol. The highest BCUT2D eigenvalue weighted by atomic mass is 19.3. The first-order valence-electron chi connectivity index (χ1n) is 6.74. The number of halogens is 2. The lowest BCUT2D eigenvalue weighted by Crippen LogP contribution is -2.34. The monoisotopic (exact) mass is 300 g/mol. The number of amides is 1. The van der Waals surface area contributed by atoms with E-state index < -0.39 is 6.61 Å². The van der Waals surface area contributed by atoms with Gasteiger partial charge in [-0.05, 0) is 38.1 Å². The molecule has 0 unspecified atom stereocenters. The largest absolute Gasteiger partial charge is 0.493 e. The summed E-state index contributed by atoms with van der Waals surface area (Å²) < 4.78 is 34.0. The van der Waals surface area contributed by atoms with Gasteiger partial charge in [0.15, 0.2) is 11.5 Å². The van der Waals surface area contributed by atoms with Crippen LogP contribution in [0.2, 0.25) is 0 Å². The summed E-state index contributed by atoms with van der Waals surface area (Å²) in [7, 11) is 1.36. The molecule has 0 spiro atoms. The van der Waals surface area contributed by atoms with Gasteiger partial charge in [0, 0.05) is 17.7 Å². The SMILES string of the molecule is COc1ccc(NC(=O)C2CCNCC2)cc1OC(F)F. The molecule has 2 N–H and O–H groups in total. The molecule has 0 aromatic heterocycles. The molecule has 0 atom stereocenters. The number of piperidine rings is 1. The van der Waals surface area contributed by atoms with Crippen molar-refractivity contribution in [3.8, 4) is 11.5 Å². The van der Waals surface area contributed by atoms with E-state index in [4.69, 9.17) is 4.74 Å². The molecule has 21 heavy (non-hydrogen) atoms. The molecule has 1 aliphatic heterocycles. The van der Waals surface area contributed by atoms with Gasteiger partial charge in [0.1, 0.15) is 0 Å². The fourth-order valence-corrected chi connectivity index (χ4v) is 2.27. The molecule has 1 heterocycles. The smallest absolute Gasteiger partial charge is 0.387 e. The normalized spacial score (nSPS) is 15.8. The first-order valence-corrected chi connectivity index (χ1v) is 6.74. The number of methoxy groups -OCH3 is 1. The lowest BCUT2D eigenvalue weighted by Gasteiger charge is -2.22. The predicted molar refractivity (Wildman–Crippen MR) is 73.8 cm³/mol. The van der Waals surface area contributed by atoms with E-state index in [0.717, 1.165) is 25.9 Å². The van der Waals surface area contributed by atoms with Crippen molar-refractivity contribution in [2.75, 3.05) is 25.5 Å². The molecule has 1 amide bonds. The highest BCUT2D eigenvalue weighted by Gasteiger charge is 2.21. The van der Waals surface area contributed by atoms with Crippen molar-refractivity contribution in [1.82, 2.24) is 5.32 Å². The Labute approximate surface area is 121 Å². The van der Waals surface area contributed by atoms with Crippen LogP contribution in [-0.2, 0) is 4.79 Å². The van der Waals surface area contributed by atoms with E-state index in [2.05, 4.69) is 15.4 Å². The van der Waals surface area contributed by atoms with Crippen LogP contribution in [0.25, 0.3) is 0 Å². The van der Waals surface area contributed by atoms with Gasteiger partial charge in [-0.25, -0.2) is 0 Å². The molecular formula is C14H18F2N2O3. The average molecular weight is 300 g/mol. The van der Waals surface area contributed by atoms with Gasteiger partial charge in [-0.1, -0.05) is 0 Å². The van der Waals surface area contributed by atoms with E-state index in [0.29, 0.717) is 5.69 Å². The van der Waals surface area contributed by atoms with Crippen molar-refractivity contribution in [2.24, 2.45) is 5.92 Å². The minimum Gasteiger partial charge on any atom is -0.493 e. The van der Waals surface area contributed by atoms with Crippen molar-refractivity contribution < 1.29 is 23.0 Å². The van der Waals surface area contributed by atoms with Crippen LogP contribution < -0.4 is 20.1 Å². The van der Waals surface area contributed by atoms with E-state index in [1.807, 2.05) is 0 Å². The molecule has 0 aliphatic carbocycles. The van der Waals surface area contributed by atoms with Crippen LogP contribution in [0.5, 0.6) is 11.5 Å². The fourth-order valence-electron chi connectivity index (χ4n) is 2.27. The number of ether oxygens (including phenoxy) is 2. The summed E-state index contributed by atoms with van der Waals surface area (Å²) in [5.74, 6) is -0.0803. The van der Waals surface area contributed by atoms with Crippen LogP contribution in [0.4, 0.5) is 14.5 Å². The summed E-state index contributed by atoms with van der Waals surface area (Å²) >= 11 is 0. The Morgan fingerprint density at radius 2 is 2.05 bits per heavy atom. The second-order valence-corrected chi connectivity index (χ2v) is 4.76. The van der Waals surface area contributed by atoms with Gasteiger partial charge in [0.05, 0.1) is 7.11 Å². The van der Waals surface area contributed by atoms with Crippen LogP contribution >= 0.6 is 0 Å². The van der Waals surface area contributed by atoms with Crippen LogP contribution in [0.3, 0.4) is 0 Å². The molecule has 1 saturated heterocycles. The van der Waals surface area contributed by atoms with Crippen molar-refractivity contribution in [2.45, 2.75) is 19.5 Å². The average Bonchev–Trinajstić information content (AvgIpc) is 2.48. The van der Waals surface area contributed by atoms with Crippen LogP contribution in [0.1, 0.15) is 12.8 Å². The number of nitrogens with one attached hydrogen (secondary N) is 2. The molecule has 5 nitrogen and oxygen atoms in total. The highest BCUT2D eigenvalue weighted by Crippen LogP contribution is 2.31. The molecule has 0 radical (unpaired) electrons. The third-order valence-electron chi connectivity index (χ3n) is 3.36. The fraction of sp³-hybridized carbons (Fsp3) is 0.500. The highest BCUT2D eigenvalue weighted by molar-refractivity contribution is 5.93. The lowest BCUT2D eigenvalue weighted by atomic mass is 9.97. The number of carbonyl (C=O) groups is 1. The summed E-state index contributed by atoms with van der Waals surface area (Å²) in [6.07, 6.45) is 1.53. The maximum absolute atomic E-state index is 12.3. The zero-order chi connectivity index (χ0) is 15.2. The van der Waals surface area contributed by atoms with E-state index in [-0.39, 0.29) is 23.3 Å². The molecule has 7 heteroatoms. The molecule has 116 valence electrons. The van der Waals surface area contributed by atoms with E-state index >= 15 is 0 Å².